The summed E-state index contributed by atoms with van der Waals surface area (Å²) in [6, 6.07) is 11.4. The molecule has 3 rings (SSSR count). The zero-order chi connectivity index (χ0) is 36.0. The largest absolute Gasteiger partial charge is 0.507 e. The summed E-state index contributed by atoms with van der Waals surface area (Å²) in [6.07, 6.45) is 1.61. The van der Waals surface area contributed by atoms with Crippen LogP contribution >= 0.6 is 11.3 Å². The van der Waals surface area contributed by atoms with Crippen molar-refractivity contribution >= 4 is 57.2 Å². The van der Waals surface area contributed by atoms with Gasteiger partial charge in [-0.25, -0.2) is 28.2 Å². The lowest BCUT2D eigenvalue weighted by molar-refractivity contribution is -0.123. The topological polar surface area (TPSA) is 242 Å². The second-order valence-electron chi connectivity index (χ2n) is 10.3. The van der Waals surface area contributed by atoms with Gasteiger partial charge in [-0.05, 0) is 68.3 Å². The molecule has 7 N–H and O–H groups in total. The number of hydrazone groups is 1. The van der Waals surface area contributed by atoms with Crippen molar-refractivity contribution in [1.82, 2.24) is 26.1 Å². The molecule has 262 valence electrons. The number of nitrogens with zero attached hydrogens (tertiary/aromatic N) is 1. The molecule has 4 amide bonds. The lowest BCUT2D eigenvalue weighted by atomic mass is 10.1. The molecule has 0 unspecified atom stereocenters. The summed E-state index contributed by atoms with van der Waals surface area (Å²) in [7, 11) is -4.15. The van der Waals surface area contributed by atoms with Crippen molar-refractivity contribution in [3.8, 4) is 11.5 Å². The number of carbonyl (C=O) groups excluding carboxylic acids is 4. The molecule has 0 aliphatic heterocycles. The third-order valence-corrected chi connectivity index (χ3v) is 8.92. The number of carbonyl (C=O) groups is 5. The highest BCUT2D eigenvalue weighted by molar-refractivity contribution is 7.89. The van der Waals surface area contributed by atoms with E-state index in [0.29, 0.717) is 23.6 Å². The summed E-state index contributed by atoms with van der Waals surface area (Å²) < 4.78 is 33.0. The highest BCUT2D eigenvalue weighted by Gasteiger charge is 2.20. The summed E-state index contributed by atoms with van der Waals surface area (Å²) in [5.74, 6) is -2.56. The Bertz CT molecular complexity index is 1790. The van der Waals surface area contributed by atoms with Crippen LogP contribution < -0.4 is 30.8 Å². The molecule has 3 aromatic rings. The minimum absolute atomic E-state index is 0.0857. The fourth-order valence-electron chi connectivity index (χ4n) is 4.08. The quantitative estimate of drug-likeness (QED) is 0.0743. The average Bonchev–Trinajstić information content (AvgIpc) is 3.53. The summed E-state index contributed by atoms with van der Waals surface area (Å²) in [6.45, 7) is 3.65. The number of hydrogen-bond acceptors (Lipinski definition) is 11. The Balaban J connectivity index is 1.47. The molecule has 0 spiro atoms. The van der Waals surface area contributed by atoms with Crippen molar-refractivity contribution in [2.45, 2.75) is 44.2 Å². The van der Waals surface area contributed by atoms with Gasteiger partial charge in [0.2, 0.25) is 10.0 Å². The van der Waals surface area contributed by atoms with E-state index in [4.69, 9.17) is 9.84 Å². The van der Waals surface area contributed by atoms with Crippen molar-refractivity contribution in [1.29, 1.82) is 0 Å². The average molecular weight is 717 g/mol. The summed E-state index contributed by atoms with van der Waals surface area (Å²) in [4.78, 5) is 59.9. The van der Waals surface area contributed by atoms with E-state index >= 15 is 0 Å². The lowest BCUT2D eigenvalue weighted by Gasteiger charge is -2.12. The molecular formula is C31H36N6O10S2. The first-order valence-corrected chi connectivity index (χ1v) is 17.1. The van der Waals surface area contributed by atoms with Crippen LogP contribution in [0.25, 0.3) is 0 Å². The second-order valence-corrected chi connectivity index (χ2v) is 13.3. The number of hydrogen-bond donors (Lipinski definition) is 7. The molecule has 0 radical (unpaired) electrons. The van der Waals surface area contributed by atoms with Crippen LogP contribution in [-0.2, 0) is 32.6 Å². The van der Waals surface area contributed by atoms with E-state index in [1.165, 1.54) is 25.3 Å². The monoisotopic (exact) mass is 716 g/mol. The first-order chi connectivity index (χ1) is 23.3. The maximum atomic E-state index is 12.9. The predicted molar refractivity (Wildman–Crippen MR) is 179 cm³/mol. The number of urea groups is 1. The number of ketones is 1. The minimum atomic E-state index is -4.15. The fourth-order valence-corrected chi connectivity index (χ4v) is 6.06. The Kier molecular flexibility index (Phi) is 14.2. The van der Waals surface area contributed by atoms with Crippen molar-refractivity contribution in [3.05, 3.63) is 75.5 Å². The number of aromatic hydroxyl groups is 1. The number of carboxylic acid groups (broad SMARTS) is 1. The van der Waals surface area contributed by atoms with Gasteiger partial charge in [0, 0.05) is 37.1 Å². The van der Waals surface area contributed by atoms with Crippen LogP contribution in [0.5, 0.6) is 11.5 Å². The number of carboxylic acids is 1. The van der Waals surface area contributed by atoms with Gasteiger partial charge in [0.25, 0.3) is 11.8 Å². The molecule has 0 saturated carbocycles. The molecular weight excluding hydrogens is 681 g/mol. The molecule has 1 heterocycles. The van der Waals surface area contributed by atoms with Crippen LogP contribution in [0, 0.1) is 0 Å². The first-order valence-electron chi connectivity index (χ1n) is 14.8. The Hall–Kier alpha value is -5.33. The van der Waals surface area contributed by atoms with Gasteiger partial charge in [-0.3, -0.25) is 14.4 Å². The van der Waals surface area contributed by atoms with E-state index in [2.05, 4.69) is 31.2 Å². The highest BCUT2D eigenvalue weighted by atomic mass is 32.2. The number of ether oxygens (including phenoxy) is 1. The van der Waals surface area contributed by atoms with E-state index in [1.54, 1.807) is 12.1 Å². The summed E-state index contributed by atoms with van der Waals surface area (Å²) in [5.41, 5.74) is 2.63. The molecule has 0 fully saturated rings. The molecule has 2 aromatic carbocycles. The van der Waals surface area contributed by atoms with Crippen LogP contribution in [0.3, 0.4) is 0 Å². The van der Waals surface area contributed by atoms with E-state index in [9.17, 15) is 37.5 Å². The first kappa shape index (κ1) is 38.1. The number of Topliss-reactive ketones (excluding diaryl/α,β-unsaturated/α-hetero) is 1. The molecule has 1 atom stereocenters. The Morgan fingerprint density at radius 1 is 1.02 bits per heavy atom. The van der Waals surface area contributed by atoms with Gasteiger partial charge >= 0.3 is 12.0 Å². The van der Waals surface area contributed by atoms with E-state index in [-0.39, 0.29) is 47.6 Å². The second kappa shape index (κ2) is 18.3. The normalized spacial score (nSPS) is 11.8. The van der Waals surface area contributed by atoms with Gasteiger partial charge in [-0.1, -0.05) is 12.1 Å². The van der Waals surface area contributed by atoms with Crippen molar-refractivity contribution in [2.75, 3.05) is 19.7 Å². The molecule has 0 aliphatic rings. The molecule has 0 aliphatic carbocycles. The number of aromatic carboxylic acids is 1. The Morgan fingerprint density at radius 3 is 2.43 bits per heavy atom. The third kappa shape index (κ3) is 12.7. The maximum absolute atomic E-state index is 12.9. The van der Waals surface area contributed by atoms with Gasteiger partial charge in [0.1, 0.15) is 22.8 Å². The van der Waals surface area contributed by atoms with E-state index in [1.807, 2.05) is 19.1 Å². The number of nitrogens with one attached hydrogen (secondary N) is 5. The van der Waals surface area contributed by atoms with Crippen LogP contribution in [0.2, 0.25) is 0 Å². The minimum Gasteiger partial charge on any atom is -0.507 e. The van der Waals surface area contributed by atoms with Gasteiger partial charge in [0.15, 0.2) is 6.61 Å². The fraction of sp³-hybridized carbons (Fsp3) is 0.290. The number of likely N-dealkylation sites (N-methyl/N-ethyl adjacent to an activating group) is 1. The molecule has 0 bridgehead atoms. The number of amides is 4. The summed E-state index contributed by atoms with van der Waals surface area (Å²) in [5, 5.41) is 30.5. The Labute approximate surface area is 286 Å². The number of thiophene rings is 1. The summed E-state index contributed by atoms with van der Waals surface area (Å²) >= 11 is 0.985. The van der Waals surface area contributed by atoms with Crippen LogP contribution in [-0.4, -0.2) is 80.2 Å². The molecule has 49 heavy (non-hydrogen) atoms. The van der Waals surface area contributed by atoms with Crippen molar-refractivity contribution in [3.63, 3.8) is 0 Å². The lowest BCUT2D eigenvalue weighted by Crippen LogP contribution is -2.39. The van der Waals surface area contributed by atoms with E-state index in [0.717, 1.165) is 35.1 Å². The standard InChI is InChI=1S/C31H36N6O10S2/c1-3-32-28(40)18-47-22-6-4-20(5-7-22)12-13-33-31(44)37-34-16-21(14-19(2)38)36-29(41)27-11-8-23(48-27)17-35-49(45,46)24-9-10-26(39)25(15-24)30(42)43/h4-11,15-16,21,35,39H,3,12-14,17-18H2,1-2H3,(H,32,40)(H,36,41)(H,42,43)(H2,33,37,44)/b34-16+/t21-/m0/s1. The van der Waals surface area contributed by atoms with Gasteiger partial charge < -0.3 is 30.9 Å². The number of rotatable bonds is 18. The predicted octanol–water partition coefficient (Wildman–Crippen LogP) is 1.75. The maximum Gasteiger partial charge on any atom is 0.339 e. The molecule has 0 saturated heterocycles. The molecule has 1 aromatic heterocycles. The van der Waals surface area contributed by atoms with E-state index < -0.39 is 45.3 Å². The molecule has 18 heteroatoms. The molecule has 16 nitrogen and oxygen atoms in total. The number of sulfonamides is 1. The van der Waals surface area contributed by atoms with Gasteiger partial charge in [-0.15, -0.1) is 11.3 Å². The zero-order valence-electron chi connectivity index (χ0n) is 26.5. The van der Waals surface area contributed by atoms with Gasteiger partial charge in [-0.2, -0.15) is 5.10 Å². The van der Waals surface area contributed by atoms with Crippen LogP contribution in [0.1, 0.15) is 50.7 Å². The highest BCUT2D eigenvalue weighted by Crippen LogP contribution is 2.22. The SMILES string of the molecule is CCNC(=O)COc1ccc(CCNC(=O)N/N=C/[C@H](CC(C)=O)NC(=O)c2ccc(CNS(=O)(=O)c3ccc(O)c(C(=O)O)c3)s2)cc1. The van der Waals surface area contributed by atoms with Gasteiger partial charge in [0.05, 0.1) is 15.8 Å². The van der Waals surface area contributed by atoms with Crippen molar-refractivity contribution in [2.24, 2.45) is 5.10 Å². The third-order valence-electron chi connectivity index (χ3n) is 6.44. The zero-order valence-corrected chi connectivity index (χ0v) is 28.2. The Morgan fingerprint density at radius 2 is 1.76 bits per heavy atom. The smallest absolute Gasteiger partial charge is 0.339 e. The number of benzene rings is 2. The van der Waals surface area contributed by atoms with Crippen LogP contribution in [0.4, 0.5) is 4.79 Å². The van der Waals surface area contributed by atoms with Crippen molar-refractivity contribution < 1.29 is 47.3 Å². The number of phenols is 1. The van der Waals surface area contributed by atoms with Crippen LogP contribution in [0.15, 0.2) is 64.6 Å².